The third-order valence-corrected chi connectivity index (χ3v) is 5.63. The van der Waals surface area contributed by atoms with E-state index in [9.17, 15) is 4.79 Å². The second-order valence-electron chi connectivity index (χ2n) is 7.51. The Hall–Kier alpha value is -2.87. The maximum atomic E-state index is 12.8. The number of nitrogens with zero attached hydrogens (tertiary/aromatic N) is 4. The minimum Gasteiger partial charge on any atom is -0.492 e. The first kappa shape index (κ1) is 20.4. The van der Waals surface area contributed by atoms with Crippen molar-refractivity contribution in [2.24, 2.45) is 5.92 Å². The minimum absolute atomic E-state index is 0.0209. The van der Waals surface area contributed by atoms with Crippen molar-refractivity contribution >= 4 is 23.1 Å². The van der Waals surface area contributed by atoms with Crippen LogP contribution in [-0.4, -0.2) is 61.9 Å². The maximum absolute atomic E-state index is 12.8. The van der Waals surface area contributed by atoms with Crippen LogP contribution in [0.3, 0.4) is 0 Å². The molecule has 0 unspecified atom stereocenters. The average Bonchev–Trinajstić information content (AvgIpc) is 2.81. The lowest BCUT2D eigenvalue weighted by Gasteiger charge is -2.36. The highest BCUT2D eigenvalue weighted by molar-refractivity contribution is 5.94. The highest BCUT2D eigenvalue weighted by Gasteiger charge is 2.28. The Morgan fingerprint density at radius 2 is 1.93 bits per heavy atom. The SMILES string of the molecule is CCOc1ccccc1NC(=O)C1CCN(c2cncnc2N2CCOCC2)CC1. The zero-order chi connectivity index (χ0) is 20.8. The molecule has 160 valence electrons. The van der Waals surface area contributed by atoms with Crippen molar-refractivity contribution in [3.8, 4) is 5.75 Å². The average molecular weight is 412 g/mol. The minimum atomic E-state index is -0.0209. The monoisotopic (exact) mass is 411 g/mol. The number of nitrogens with one attached hydrogen (secondary N) is 1. The van der Waals surface area contributed by atoms with E-state index in [0.717, 1.165) is 69.4 Å². The van der Waals surface area contributed by atoms with Gasteiger partial charge in [-0.25, -0.2) is 9.97 Å². The first-order chi connectivity index (χ1) is 14.8. The van der Waals surface area contributed by atoms with Gasteiger partial charge in [-0.3, -0.25) is 4.79 Å². The molecule has 0 radical (unpaired) electrons. The van der Waals surface area contributed by atoms with Crippen LogP contribution in [0, 0.1) is 5.92 Å². The topological polar surface area (TPSA) is 79.8 Å². The normalized spacial score (nSPS) is 17.6. The van der Waals surface area contributed by atoms with Crippen molar-refractivity contribution in [3.05, 3.63) is 36.8 Å². The molecule has 30 heavy (non-hydrogen) atoms. The Labute approximate surface area is 177 Å². The molecule has 1 N–H and O–H groups in total. The third-order valence-electron chi connectivity index (χ3n) is 5.63. The number of hydrogen-bond donors (Lipinski definition) is 1. The summed E-state index contributed by atoms with van der Waals surface area (Å²) >= 11 is 0. The number of piperidine rings is 1. The molecular weight excluding hydrogens is 382 g/mol. The largest absolute Gasteiger partial charge is 0.492 e. The third kappa shape index (κ3) is 4.64. The highest BCUT2D eigenvalue weighted by atomic mass is 16.5. The molecule has 8 nitrogen and oxygen atoms in total. The van der Waals surface area contributed by atoms with E-state index in [0.29, 0.717) is 12.4 Å². The fourth-order valence-electron chi connectivity index (χ4n) is 4.03. The van der Waals surface area contributed by atoms with E-state index < -0.39 is 0 Å². The van der Waals surface area contributed by atoms with E-state index >= 15 is 0 Å². The highest BCUT2D eigenvalue weighted by Crippen LogP contribution is 2.31. The number of carbonyl (C=O) groups is 1. The Balaban J connectivity index is 1.38. The predicted molar refractivity (Wildman–Crippen MR) is 116 cm³/mol. The summed E-state index contributed by atoms with van der Waals surface area (Å²) in [4.78, 5) is 26.2. The first-order valence-electron chi connectivity index (χ1n) is 10.7. The molecule has 2 fully saturated rings. The van der Waals surface area contributed by atoms with Gasteiger partial charge in [-0.2, -0.15) is 0 Å². The van der Waals surface area contributed by atoms with Crippen molar-refractivity contribution < 1.29 is 14.3 Å². The summed E-state index contributed by atoms with van der Waals surface area (Å²) in [6.45, 7) is 7.21. The smallest absolute Gasteiger partial charge is 0.227 e. The van der Waals surface area contributed by atoms with E-state index in [2.05, 4.69) is 25.1 Å². The molecule has 1 aromatic heterocycles. The molecule has 0 spiro atoms. The zero-order valence-corrected chi connectivity index (χ0v) is 17.4. The molecule has 8 heteroatoms. The van der Waals surface area contributed by atoms with Gasteiger partial charge in [-0.05, 0) is 31.9 Å². The molecule has 0 saturated carbocycles. The van der Waals surface area contributed by atoms with Crippen LogP contribution in [0.25, 0.3) is 0 Å². The van der Waals surface area contributed by atoms with Gasteiger partial charge in [-0.15, -0.1) is 0 Å². The van der Waals surface area contributed by atoms with E-state index in [1.807, 2.05) is 37.4 Å². The number of rotatable bonds is 6. The van der Waals surface area contributed by atoms with Crippen LogP contribution in [-0.2, 0) is 9.53 Å². The molecule has 2 aliphatic rings. The number of para-hydroxylation sites is 2. The predicted octanol–water partition coefficient (Wildman–Crippen LogP) is 2.57. The summed E-state index contributed by atoms with van der Waals surface area (Å²) in [7, 11) is 0. The van der Waals surface area contributed by atoms with Crippen LogP contribution in [0.2, 0.25) is 0 Å². The Bertz CT molecular complexity index is 848. The Morgan fingerprint density at radius 1 is 1.17 bits per heavy atom. The van der Waals surface area contributed by atoms with Crippen molar-refractivity contribution in [1.29, 1.82) is 0 Å². The molecule has 2 aliphatic heterocycles. The fraction of sp³-hybridized carbons (Fsp3) is 0.500. The Kier molecular flexibility index (Phi) is 6.63. The van der Waals surface area contributed by atoms with Crippen LogP contribution < -0.4 is 19.9 Å². The summed E-state index contributed by atoms with van der Waals surface area (Å²) in [5, 5.41) is 3.05. The van der Waals surface area contributed by atoms with Crippen LogP contribution in [0.4, 0.5) is 17.2 Å². The molecule has 0 atom stereocenters. The number of aromatic nitrogens is 2. The number of benzene rings is 1. The van der Waals surface area contributed by atoms with Crippen LogP contribution >= 0.6 is 0 Å². The lowest BCUT2D eigenvalue weighted by atomic mass is 9.95. The van der Waals surface area contributed by atoms with E-state index in [1.54, 1.807) is 6.33 Å². The summed E-state index contributed by atoms with van der Waals surface area (Å²) in [5.41, 5.74) is 1.78. The van der Waals surface area contributed by atoms with E-state index in [-0.39, 0.29) is 11.8 Å². The van der Waals surface area contributed by atoms with Gasteiger partial charge < -0.3 is 24.6 Å². The van der Waals surface area contributed by atoms with Gasteiger partial charge in [-0.1, -0.05) is 12.1 Å². The van der Waals surface area contributed by atoms with Gasteiger partial charge in [0, 0.05) is 32.1 Å². The van der Waals surface area contributed by atoms with E-state index in [1.165, 1.54) is 0 Å². The van der Waals surface area contributed by atoms with Crippen LogP contribution in [0.15, 0.2) is 36.8 Å². The molecule has 1 amide bonds. The number of morpholine rings is 1. The zero-order valence-electron chi connectivity index (χ0n) is 17.4. The molecule has 2 aromatic rings. The van der Waals surface area contributed by atoms with Gasteiger partial charge in [0.15, 0.2) is 5.82 Å². The molecule has 0 bridgehead atoms. The van der Waals surface area contributed by atoms with E-state index in [4.69, 9.17) is 9.47 Å². The molecule has 1 aromatic carbocycles. The van der Waals surface area contributed by atoms with Crippen molar-refractivity contribution in [2.45, 2.75) is 19.8 Å². The molecule has 0 aliphatic carbocycles. The van der Waals surface area contributed by atoms with Crippen molar-refractivity contribution in [1.82, 2.24) is 9.97 Å². The second-order valence-corrected chi connectivity index (χ2v) is 7.51. The lowest BCUT2D eigenvalue weighted by Crippen LogP contribution is -2.41. The van der Waals surface area contributed by atoms with Gasteiger partial charge in [0.25, 0.3) is 0 Å². The van der Waals surface area contributed by atoms with Crippen molar-refractivity contribution in [3.63, 3.8) is 0 Å². The molecular formula is C22H29N5O3. The van der Waals surface area contributed by atoms with Crippen LogP contribution in [0.1, 0.15) is 19.8 Å². The standard InChI is InChI=1S/C22H29N5O3/c1-2-30-20-6-4-3-5-18(20)25-22(28)17-7-9-26(10-8-17)19-15-23-16-24-21(19)27-11-13-29-14-12-27/h3-6,15-17H,2,7-14H2,1H3,(H,25,28). The molecule has 4 rings (SSSR count). The summed E-state index contributed by atoms with van der Waals surface area (Å²) in [6, 6.07) is 7.58. The molecule has 2 saturated heterocycles. The van der Waals surface area contributed by atoms with Gasteiger partial charge in [0.2, 0.25) is 5.91 Å². The second kappa shape index (κ2) is 9.75. The van der Waals surface area contributed by atoms with Gasteiger partial charge in [0.05, 0.1) is 37.4 Å². The number of anilines is 3. The fourth-order valence-corrected chi connectivity index (χ4v) is 4.03. The van der Waals surface area contributed by atoms with Gasteiger partial charge >= 0.3 is 0 Å². The number of amides is 1. The lowest BCUT2D eigenvalue weighted by molar-refractivity contribution is -0.120. The number of ether oxygens (including phenoxy) is 2. The first-order valence-corrected chi connectivity index (χ1v) is 10.7. The quantitative estimate of drug-likeness (QED) is 0.782. The summed E-state index contributed by atoms with van der Waals surface area (Å²) in [6.07, 6.45) is 5.07. The number of carbonyl (C=O) groups excluding carboxylic acids is 1. The number of hydrogen-bond acceptors (Lipinski definition) is 7. The van der Waals surface area contributed by atoms with Crippen molar-refractivity contribution in [2.75, 3.05) is 61.1 Å². The molecule has 3 heterocycles. The Morgan fingerprint density at radius 3 is 2.70 bits per heavy atom. The summed E-state index contributed by atoms with van der Waals surface area (Å²) in [5.74, 6) is 1.70. The van der Waals surface area contributed by atoms with Gasteiger partial charge in [0.1, 0.15) is 12.1 Å². The summed E-state index contributed by atoms with van der Waals surface area (Å²) < 4.78 is 11.1. The maximum Gasteiger partial charge on any atom is 0.227 e. The van der Waals surface area contributed by atoms with Crippen LogP contribution in [0.5, 0.6) is 5.75 Å².